The van der Waals surface area contributed by atoms with Gasteiger partial charge in [0.25, 0.3) is 0 Å². The molecule has 0 N–H and O–H groups in total. The van der Waals surface area contributed by atoms with Gasteiger partial charge in [0, 0.05) is 11.5 Å². The summed E-state index contributed by atoms with van der Waals surface area (Å²) in [6, 6.07) is 5.48. The van der Waals surface area contributed by atoms with Crippen molar-refractivity contribution >= 4 is 13.6 Å². The lowest BCUT2D eigenvalue weighted by Crippen LogP contribution is -2.37. The van der Waals surface area contributed by atoms with Crippen LogP contribution >= 0.6 is 7.60 Å². The Kier molecular flexibility index (Phi) is 7.05. The number of ether oxygens (including phenoxy) is 2. The van der Waals surface area contributed by atoms with Crippen LogP contribution in [0.3, 0.4) is 0 Å². The highest BCUT2D eigenvalue weighted by Gasteiger charge is 2.51. The minimum Gasteiger partial charge on any atom is -0.493 e. The molecule has 25 heavy (non-hydrogen) atoms. The first-order valence-corrected chi connectivity index (χ1v) is 10.4. The molecule has 1 aromatic rings. The van der Waals surface area contributed by atoms with Crippen LogP contribution in [0, 0.1) is 0 Å². The molecule has 0 fully saturated rings. The van der Waals surface area contributed by atoms with Crippen molar-refractivity contribution in [1.82, 2.24) is 0 Å². The predicted octanol–water partition coefficient (Wildman–Crippen LogP) is 4.52. The van der Waals surface area contributed by atoms with Crippen LogP contribution < -0.4 is 9.47 Å². The second-order valence-electron chi connectivity index (χ2n) is 5.87. The van der Waals surface area contributed by atoms with E-state index < -0.39 is 19.2 Å². The Labute approximate surface area is 149 Å². The summed E-state index contributed by atoms with van der Waals surface area (Å²) >= 11 is 0. The van der Waals surface area contributed by atoms with E-state index in [1.54, 1.807) is 19.9 Å². The van der Waals surface area contributed by atoms with E-state index in [9.17, 15) is 9.36 Å². The maximum Gasteiger partial charge on any atom is 0.345 e. The largest absolute Gasteiger partial charge is 0.493 e. The molecule has 1 heterocycles. The topological polar surface area (TPSA) is 71.1 Å². The van der Waals surface area contributed by atoms with Crippen molar-refractivity contribution in [1.29, 1.82) is 0 Å². The molecule has 2 atom stereocenters. The molecular formula is C18H27O6P. The molecule has 1 aromatic carbocycles. The zero-order chi connectivity index (χ0) is 18.4. The van der Waals surface area contributed by atoms with Crippen molar-refractivity contribution in [3.63, 3.8) is 0 Å². The van der Waals surface area contributed by atoms with E-state index in [1.165, 1.54) is 7.11 Å². The van der Waals surface area contributed by atoms with E-state index in [2.05, 4.69) is 6.92 Å². The second kappa shape index (κ2) is 8.84. The standard InChI is InChI=1S/C18H27O6P/c1-5-8-10-14-13-11-9-12-15(21-4)16(13)24-18(19)17(14)25(20,22-6-2)23-7-3/h9,11-12,14,17H,5-8,10H2,1-4H3/t14-,17+/m0/s1. The molecule has 0 radical (unpaired) electrons. The number of rotatable bonds is 9. The monoisotopic (exact) mass is 370 g/mol. The van der Waals surface area contributed by atoms with E-state index in [1.807, 2.05) is 12.1 Å². The third-order valence-electron chi connectivity index (χ3n) is 4.28. The van der Waals surface area contributed by atoms with Gasteiger partial charge >= 0.3 is 13.6 Å². The minimum absolute atomic E-state index is 0.201. The lowest BCUT2D eigenvalue weighted by Gasteiger charge is -2.35. The third kappa shape index (κ3) is 4.08. The van der Waals surface area contributed by atoms with Gasteiger partial charge in [-0.15, -0.1) is 0 Å². The van der Waals surface area contributed by atoms with Crippen LogP contribution in [0.4, 0.5) is 0 Å². The SMILES string of the molecule is CCCC[C@H]1c2cccc(OC)c2OC(=O)[C@@H]1P(=O)(OCC)OCC. The molecule has 0 amide bonds. The molecule has 6 nitrogen and oxygen atoms in total. The quantitative estimate of drug-likeness (QED) is 0.361. The highest BCUT2D eigenvalue weighted by molar-refractivity contribution is 7.55. The lowest BCUT2D eigenvalue weighted by atomic mass is 9.87. The smallest absolute Gasteiger partial charge is 0.345 e. The van der Waals surface area contributed by atoms with Gasteiger partial charge in [-0.2, -0.15) is 0 Å². The zero-order valence-corrected chi connectivity index (χ0v) is 16.2. The second-order valence-corrected chi connectivity index (χ2v) is 8.02. The van der Waals surface area contributed by atoms with Gasteiger partial charge in [-0.25, -0.2) is 0 Å². The van der Waals surface area contributed by atoms with Crippen LogP contribution in [-0.4, -0.2) is 32.0 Å². The van der Waals surface area contributed by atoms with E-state index in [0.717, 1.165) is 18.4 Å². The summed E-state index contributed by atoms with van der Waals surface area (Å²) in [4.78, 5) is 12.8. The molecule has 0 bridgehead atoms. The average Bonchev–Trinajstić information content (AvgIpc) is 2.59. The van der Waals surface area contributed by atoms with Crippen molar-refractivity contribution in [2.24, 2.45) is 0 Å². The Morgan fingerprint density at radius 2 is 1.84 bits per heavy atom. The number of unbranched alkanes of at least 4 members (excludes halogenated alkanes) is 1. The maximum absolute atomic E-state index is 13.3. The fourth-order valence-corrected chi connectivity index (χ4v) is 5.41. The number of carbonyl (C=O) groups excluding carboxylic acids is 1. The van der Waals surface area contributed by atoms with Crippen LogP contribution in [0.25, 0.3) is 0 Å². The Balaban J connectivity index is 2.54. The molecule has 0 aliphatic carbocycles. The Morgan fingerprint density at radius 1 is 1.16 bits per heavy atom. The number of methoxy groups -OCH3 is 1. The highest BCUT2D eigenvalue weighted by Crippen LogP contribution is 2.61. The molecule has 140 valence electrons. The van der Waals surface area contributed by atoms with Crippen molar-refractivity contribution in [2.45, 2.75) is 51.6 Å². The Hall–Kier alpha value is -1.36. The van der Waals surface area contributed by atoms with Gasteiger partial charge in [0.15, 0.2) is 17.2 Å². The van der Waals surface area contributed by atoms with Crippen molar-refractivity contribution in [2.75, 3.05) is 20.3 Å². The van der Waals surface area contributed by atoms with Gasteiger partial charge in [0.1, 0.15) is 0 Å². The first-order chi connectivity index (χ1) is 12.0. The summed E-state index contributed by atoms with van der Waals surface area (Å²) in [6.45, 7) is 5.95. The van der Waals surface area contributed by atoms with Crippen molar-refractivity contribution in [3.05, 3.63) is 23.8 Å². The van der Waals surface area contributed by atoms with E-state index in [0.29, 0.717) is 17.9 Å². The molecule has 1 aliphatic rings. The first kappa shape index (κ1) is 20.0. The summed E-state index contributed by atoms with van der Waals surface area (Å²) in [5.41, 5.74) is -0.143. The fourth-order valence-electron chi connectivity index (χ4n) is 3.23. The number of hydrogen-bond acceptors (Lipinski definition) is 6. The normalized spacial score (nSPS) is 20.1. The molecular weight excluding hydrogens is 343 g/mol. The fraction of sp³-hybridized carbons (Fsp3) is 0.611. The molecule has 2 rings (SSSR count). The van der Waals surface area contributed by atoms with E-state index >= 15 is 0 Å². The summed E-state index contributed by atoms with van der Waals surface area (Å²) in [5.74, 6) is 0.0268. The van der Waals surface area contributed by atoms with Crippen molar-refractivity contribution < 1.29 is 27.9 Å². The number of hydrogen-bond donors (Lipinski definition) is 0. The van der Waals surface area contributed by atoms with Gasteiger partial charge in [-0.1, -0.05) is 31.9 Å². The number of para-hydroxylation sites is 1. The number of fused-ring (bicyclic) bond motifs is 1. The number of esters is 1. The summed E-state index contributed by atoms with van der Waals surface area (Å²) in [7, 11) is -2.11. The predicted molar refractivity (Wildman–Crippen MR) is 95.5 cm³/mol. The van der Waals surface area contributed by atoms with Gasteiger partial charge in [0.2, 0.25) is 0 Å². The molecule has 7 heteroatoms. The van der Waals surface area contributed by atoms with Gasteiger partial charge in [0.05, 0.1) is 20.3 Å². The average molecular weight is 370 g/mol. The van der Waals surface area contributed by atoms with E-state index in [-0.39, 0.29) is 19.1 Å². The van der Waals surface area contributed by atoms with Crippen LogP contribution in [0.15, 0.2) is 18.2 Å². The molecule has 1 aliphatic heterocycles. The summed E-state index contributed by atoms with van der Waals surface area (Å²) in [6.07, 6.45) is 2.55. The Bertz CT molecular complexity index is 634. The number of carbonyl (C=O) groups is 1. The summed E-state index contributed by atoms with van der Waals surface area (Å²) < 4.78 is 35.1. The zero-order valence-electron chi connectivity index (χ0n) is 15.3. The third-order valence-corrected chi connectivity index (χ3v) is 6.77. The van der Waals surface area contributed by atoms with Crippen LogP contribution in [-0.2, 0) is 18.4 Å². The molecule has 0 aromatic heterocycles. The van der Waals surface area contributed by atoms with E-state index in [4.69, 9.17) is 18.5 Å². The number of benzene rings is 1. The van der Waals surface area contributed by atoms with Gasteiger partial charge in [-0.05, 0) is 26.3 Å². The molecule has 0 unspecified atom stereocenters. The van der Waals surface area contributed by atoms with Gasteiger partial charge < -0.3 is 18.5 Å². The highest BCUT2D eigenvalue weighted by atomic mass is 31.2. The van der Waals surface area contributed by atoms with Crippen LogP contribution in [0.1, 0.15) is 51.5 Å². The molecule has 0 saturated carbocycles. The summed E-state index contributed by atoms with van der Waals surface area (Å²) in [5, 5.41) is 0. The van der Waals surface area contributed by atoms with Crippen molar-refractivity contribution in [3.8, 4) is 11.5 Å². The lowest BCUT2D eigenvalue weighted by molar-refractivity contribution is -0.136. The van der Waals surface area contributed by atoms with Gasteiger partial charge in [-0.3, -0.25) is 9.36 Å². The first-order valence-electron chi connectivity index (χ1n) is 8.79. The minimum atomic E-state index is -3.64. The Morgan fingerprint density at radius 3 is 2.40 bits per heavy atom. The molecule has 0 spiro atoms. The molecule has 0 saturated heterocycles. The van der Waals surface area contributed by atoms with Crippen LogP contribution in [0.2, 0.25) is 0 Å². The maximum atomic E-state index is 13.3. The van der Waals surface area contributed by atoms with Crippen LogP contribution in [0.5, 0.6) is 11.5 Å².